The van der Waals surface area contributed by atoms with Gasteiger partial charge in [-0.3, -0.25) is 4.79 Å². The average Bonchev–Trinajstić information content (AvgIpc) is 2.66. The van der Waals surface area contributed by atoms with Crippen LogP contribution in [0.3, 0.4) is 0 Å². The van der Waals surface area contributed by atoms with E-state index in [0.29, 0.717) is 27.2 Å². The maximum Gasteiger partial charge on any atom is 0.258 e. The van der Waals surface area contributed by atoms with Gasteiger partial charge < -0.3 is 10.6 Å². The van der Waals surface area contributed by atoms with E-state index < -0.39 is 0 Å². The number of hydrogen-bond donors (Lipinski definition) is 2. The van der Waals surface area contributed by atoms with Crippen molar-refractivity contribution in [2.75, 3.05) is 10.6 Å². The number of hydrogen-bond acceptors (Lipinski definition) is 4. The Hall–Kier alpha value is -2.63. The Bertz CT molecular complexity index is 912. The van der Waals surface area contributed by atoms with Gasteiger partial charge in [-0.15, -0.1) is 0 Å². The number of carbonyl (C=O) groups is 1. The molecular formula is C19H16Cl2N4O. The van der Waals surface area contributed by atoms with Crippen LogP contribution in [0.4, 0.5) is 17.3 Å². The summed E-state index contributed by atoms with van der Waals surface area (Å²) in [6.45, 7) is 2.08. The lowest BCUT2D eigenvalue weighted by Crippen LogP contribution is -2.13. The molecule has 132 valence electrons. The second kappa shape index (κ2) is 8.17. The summed E-state index contributed by atoms with van der Waals surface area (Å²) >= 11 is 12.1. The summed E-state index contributed by atoms with van der Waals surface area (Å²) in [4.78, 5) is 20.6. The summed E-state index contributed by atoms with van der Waals surface area (Å²) in [6, 6.07) is 12.7. The van der Waals surface area contributed by atoms with E-state index in [2.05, 4.69) is 27.5 Å². The minimum absolute atomic E-state index is 0.276. The number of carbonyl (C=O) groups excluding carboxylic acids is 1. The van der Waals surface area contributed by atoms with E-state index in [1.165, 1.54) is 18.0 Å². The zero-order valence-electron chi connectivity index (χ0n) is 14.0. The van der Waals surface area contributed by atoms with Gasteiger partial charge in [0.2, 0.25) is 5.95 Å². The van der Waals surface area contributed by atoms with E-state index in [9.17, 15) is 4.79 Å². The van der Waals surface area contributed by atoms with Gasteiger partial charge in [-0.2, -0.15) is 0 Å². The number of nitrogens with one attached hydrogen (secondary N) is 2. The summed E-state index contributed by atoms with van der Waals surface area (Å²) in [5.41, 5.74) is 2.88. The first-order valence-electron chi connectivity index (χ1n) is 7.99. The molecule has 0 radical (unpaired) electrons. The molecule has 0 aliphatic heterocycles. The molecule has 26 heavy (non-hydrogen) atoms. The molecule has 2 N–H and O–H groups in total. The van der Waals surface area contributed by atoms with E-state index >= 15 is 0 Å². The van der Waals surface area contributed by atoms with Crippen LogP contribution in [0.2, 0.25) is 10.0 Å². The molecule has 0 bridgehead atoms. The maximum atomic E-state index is 12.3. The Morgan fingerprint density at radius 1 is 1.04 bits per heavy atom. The Morgan fingerprint density at radius 3 is 2.38 bits per heavy atom. The molecule has 1 heterocycles. The van der Waals surface area contributed by atoms with Gasteiger partial charge >= 0.3 is 0 Å². The molecule has 0 atom stereocenters. The monoisotopic (exact) mass is 386 g/mol. The Kier molecular flexibility index (Phi) is 5.71. The van der Waals surface area contributed by atoms with Crippen molar-refractivity contribution in [3.05, 3.63) is 76.0 Å². The van der Waals surface area contributed by atoms with Gasteiger partial charge in [-0.1, -0.05) is 42.3 Å². The van der Waals surface area contributed by atoms with Gasteiger partial charge in [0.25, 0.3) is 5.91 Å². The second-order valence-corrected chi connectivity index (χ2v) is 6.39. The largest absolute Gasteiger partial charge is 0.323 e. The van der Waals surface area contributed by atoms with Crippen LogP contribution in [-0.4, -0.2) is 15.9 Å². The van der Waals surface area contributed by atoms with Gasteiger partial charge in [0.05, 0.1) is 16.3 Å². The van der Waals surface area contributed by atoms with Crippen molar-refractivity contribution in [2.24, 2.45) is 0 Å². The number of halogens is 2. The van der Waals surface area contributed by atoms with Crippen molar-refractivity contribution >= 4 is 46.4 Å². The van der Waals surface area contributed by atoms with Gasteiger partial charge in [-0.05, 0) is 42.3 Å². The number of aryl methyl sites for hydroxylation is 1. The highest BCUT2D eigenvalue weighted by atomic mass is 35.5. The fourth-order valence-corrected chi connectivity index (χ4v) is 2.59. The summed E-state index contributed by atoms with van der Waals surface area (Å²) < 4.78 is 0. The normalized spacial score (nSPS) is 10.4. The van der Waals surface area contributed by atoms with Crippen LogP contribution in [0.5, 0.6) is 0 Å². The highest BCUT2D eigenvalue weighted by Gasteiger charge is 2.09. The first-order chi connectivity index (χ1) is 12.5. The molecule has 5 nitrogen and oxygen atoms in total. The molecule has 0 spiro atoms. The molecule has 0 fully saturated rings. The summed E-state index contributed by atoms with van der Waals surface area (Å²) in [7, 11) is 0. The standard InChI is InChI=1S/C19H16Cl2N4O/c1-2-12-3-6-15(7-4-12)24-18(26)13-10-22-19(23-11-13)25-17-9-14(20)5-8-16(17)21/h3-11H,2H2,1H3,(H,24,26)(H,22,23,25). The molecule has 0 aliphatic carbocycles. The SMILES string of the molecule is CCc1ccc(NC(=O)c2cnc(Nc3cc(Cl)ccc3Cl)nc2)cc1. The van der Waals surface area contributed by atoms with Crippen molar-refractivity contribution < 1.29 is 4.79 Å². The summed E-state index contributed by atoms with van der Waals surface area (Å²) in [5, 5.41) is 6.83. The fraction of sp³-hybridized carbons (Fsp3) is 0.105. The average molecular weight is 387 g/mol. The molecule has 0 unspecified atom stereocenters. The summed E-state index contributed by atoms with van der Waals surface area (Å²) in [5.74, 6) is 0.0413. The van der Waals surface area contributed by atoms with E-state index in [0.717, 1.165) is 12.1 Å². The number of amides is 1. The molecule has 1 amide bonds. The van der Waals surface area contributed by atoms with E-state index in [-0.39, 0.29) is 5.91 Å². The second-order valence-electron chi connectivity index (χ2n) is 5.55. The lowest BCUT2D eigenvalue weighted by Gasteiger charge is -2.08. The molecule has 0 saturated heterocycles. The van der Waals surface area contributed by atoms with Crippen molar-refractivity contribution in [2.45, 2.75) is 13.3 Å². The first kappa shape index (κ1) is 18.2. The quantitative estimate of drug-likeness (QED) is 0.620. The first-order valence-corrected chi connectivity index (χ1v) is 8.75. The highest BCUT2D eigenvalue weighted by molar-refractivity contribution is 6.35. The minimum atomic E-state index is -0.276. The van der Waals surface area contributed by atoms with Crippen molar-refractivity contribution in [3.63, 3.8) is 0 Å². The predicted octanol–water partition coefficient (Wildman–Crippen LogP) is 5.34. The number of rotatable bonds is 5. The molecule has 7 heteroatoms. The van der Waals surface area contributed by atoms with Crippen molar-refractivity contribution in [1.29, 1.82) is 0 Å². The Labute approximate surface area is 161 Å². The van der Waals surface area contributed by atoms with Crippen molar-refractivity contribution in [3.8, 4) is 0 Å². The van der Waals surface area contributed by atoms with E-state index in [1.54, 1.807) is 18.2 Å². The minimum Gasteiger partial charge on any atom is -0.323 e. The maximum absolute atomic E-state index is 12.3. The third-order valence-electron chi connectivity index (χ3n) is 3.71. The number of anilines is 3. The van der Waals surface area contributed by atoms with Crippen LogP contribution in [0.15, 0.2) is 54.9 Å². The van der Waals surface area contributed by atoms with Gasteiger partial charge in [0, 0.05) is 23.1 Å². The topological polar surface area (TPSA) is 66.9 Å². The number of nitrogens with zero attached hydrogens (tertiary/aromatic N) is 2. The van der Waals surface area contributed by atoms with Crippen LogP contribution in [0.1, 0.15) is 22.8 Å². The molecular weight excluding hydrogens is 371 g/mol. The predicted molar refractivity (Wildman–Crippen MR) is 106 cm³/mol. The van der Waals surface area contributed by atoms with Gasteiger partial charge in [-0.25, -0.2) is 9.97 Å². The number of aromatic nitrogens is 2. The summed E-state index contributed by atoms with van der Waals surface area (Å²) in [6.07, 6.45) is 3.85. The molecule has 2 aromatic carbocycles. The highest BCUT2D eigenvalue weighted by Crippen LogP contribution is 2.27. The van der Waals surface area contributed by atoms with Crippen LogP contribution in [0.25, 0.3) is 0 Å². The number of benzene rings is 2. The molecule has 0 saturated carbocycles. The third kappa shape index (κ3) is 4.50. The zero-order chi connectivity index (χ0) is 18.5. The lowest BCUT2D eigenvalue weighted by molar-refractivity contribution is 0.102. The Morgan fingerprint density at radius 2 is 1.73 bits per heavy atom. The Balaban J connectivity index is 1.68. The van der Waals surface area contributed by atoms with E-state index in [4.69, 9.17) is 23.2 Å². The molecule has 3 rings (SSSR count). The molecule has 3 aromatic rings. The van der Waals surface area contributed by atoms with Crippen LogP contribution >= 0.6 is 23.2 Å². The lowest BCUT2D eigenvalue weighted by atomic mass is 10.1. The smallest absolute Gasteiger partial charge is 0.258 e. The van der Waals surface area contributed by atoms with Crippen LogP contribution < -0.4 is 10.6 Å². The van der Waals surface area contributed by atoms with Crippen LogP contribution in [-0.2, 0) is 6.42 Å². The van der Waals surface area contributed by atoms with Crippen LogP contribution in [0, 0.1) is 0 Å². The molecule has 0 aliphatic rings. The van der Waals surface area contributed by atoms with Crippen molar-refractivity contribution in [1.82, 2.24) is 9.97 Å². The van der Waals surface area contributed by atoms with Gasteiger partial charge in [0.1, 0.15) is 0 Å². The van der Waals surface area contributed by atoms with E-state index in [1.807, 2.05) is 24.3 Å². The zero-order valence-corrected chi connectivity index (χ0v) is 15.5. The van der Waals surface area contributed by atoms with Gasteiger partial charge in [0.15, 0.2) is 0 Å². The fourth-order valence-electron chi connectivity index (χ4n) is 2.25. The third-order valence-corrected chi connectivity index (χ3v) is 4.27. The molecule has 1 aromatic heterocycles.